The lowest BCUT2D eigenvalue weighted by atomic mass is 10.2. The predicted molar refractivity (Wildman–Crippen MR) is 91.0 cm³/mol. The third-order valence-electron chi connectivity index (χ3n) is 3.32. The number of hydrogen-bond donors (Lipinski definition) is 0. The molecule has 3 rings (SSSR count). The van der Waals surface area contributed by atoms with E-state index in [0.29, 0.717) is 23.0 Å². The summed E-state index contributed by atoms with van der Waals surface area (Å²) in [6.45, 7) is 0.157. The van der Waals surface area contributed by atoms with Gasteiger partial charge in [-0.3, -0.25) is 9.48 Å². The van der Waals surface area contributed by atoms with Crippen molar-refractivity contribution < 1.29 is 18.3 Å². The number of carbonyl (C=O) groups excluding carboxylic acids is 1. The molecule has 0 radical (unpaired) electrons. The van der Waals surface area contributed by atoms with E-state index < -0.39 is 5.82 Å². The van der Waals surface area contributed by atoms with Crippen LogP contribution in [0, 0.1) is 5.82 Å². The molecular weight excluding hydrogens is 347 g/mol. The number of aryl methyl sites for hydroxylation is 1. The van der Waals surface area contributed by atoms with Crippen LogP contribution in [0.1, 0.15) is 22.0 Å². The summed E-state index contributed by atoms with van der Waals surface area (Å²) in [5.41, 5.74) is 0.363. The van der Waals surface area contributed by atoms with E-state index >= 15 is 0 Å². The number of benzene rings is 1. The number of ketones is 1. The zero-order chi connectivity index (χ0) is 17.8. The van der Waals surface area contributed by atoms with Crippen molar-refractivity contribution in [3.63, 3.8) is 0 Å². The molecule has 0 unspecified atom stereocenters. The fourth-order valence-electron chi connectivity index (χ4n) is 2.07. The van der Waals surface area contributed by atoms with Gasteiger partial charge in [-0.1, -0.05) is 11.6 Å². The van der Waals surface area contributed by atoms with Gasteiger partial charge in [-0.05, 0) is 42.5 Å². The molecule has 0 saturated carbocycles. The molecule has 2 aromatic heterocycles. The summed E-state index contributed by atoms with van der Waals surface area (Å²) in [4.78, 5) is 11.9. The lowest BCUT2D eigenvalue weighted by Gasteiger charge is -2.04. The highest BCUT2D eigenvalue weighted by molar-refractivity contribution is 6.30. The van der Waals surface area contributed by atoms with Gasteiger partial charge < -0.3 is 9.15 Å². The van der Waals surface area contributed by atoms with Gasteiger partial charge in [0.25, 0.3) is 0 Å². The molecule has 5 nitrogen and oxygen atoms in total. The second-order valence-electron chi connectivity index (χ2n) is 5.24. The molecule has 0 saturated heterocycles. The summed E-state index contributed by atoms with van der Waals surface area (Å²) in [6, 6.07) is 9.20. The van der Waals surface area contributed by atoms with Crippen LogP contribution in [0.4, 0.5) is 4.39 Å². The van der Waals surface area contributed by atoms with Crippen molar-refractivity contribution in [3.05, 3.63) is 76.7 Å². The smallest absolute Gasteiger partial charge is 0.206 e. The first-order chi connectivity index (χ1) is 12.0. The maximum atomic E-state index is 13.1. The summed E-state index contributed by atoms with van der Waals surface area (Å²) in [5, 5.41) is 4.03. The van der Waals surface area contributed by atoms with Crippen molar-refractivity contribution in [2.75, 3.05) is 0 Å². The van der Waals surface area contributed by atoms with Crippen LogP contribution in [0.5, 0.6) is 5.75 Å². The van der Waals surface area contributed by atoms with Crippen LogP contribution in [0.3, 0.4) is 0 Å². The zero-order valence-electron chi connectivity index (χ0n) is 13.3. The fraction of sp³-hybridized carbons (Fsp3) is 0.111. The summed E-state index contributed by atoms with van der Waals surface area (Å²) in [7, 11) is 1.74. The van der Waals surface area contributed by atoms with Crippen LogP contribution >= 0.6 is 11.6 Å². The molecule has 128 valence electrons. The number of carbonyl (C=O) groups is 1. The Balaban J connectivity index is 1.59. The summed E-state index contributed by atoms with van der Waals surface area (Å²) in [6.07, 6.45) is 4.66. The molecule has 0 aliphatic heterocycles. The Labute approximate surface area is 148 Å². The summed E-state index contributed by atoms with van der Waals surface area (Å²) >= 11 is 5.70. The third-order valence-corrected chi connectivity index (χ3v) is 3.61. The van der Waals surface area contributed by atoms with Gasteiger partial charge in [0.05, 0.1) is 5.02 Å². The average molecular weight is 361 g/mol. The van der Waals surface area contributed by atoms with Gasteiger partial charge in [-0.15, -0.1) is 0 Å². The van der Waals surface area contributed by atoms with Gasteiger partial charge in [0.2, 0.25) is 5.78 Å². The van der Waals surface area contributed by atoms with Gasteiger partial charge in [0, 0.05) is 19.3 Å². The molecule has 7 heteroatoms. The maximum Gasteiger partial charge on any atom is 0.206 e. The topological polar surface area (TPSA) is 57.3 Å². The number of ether oxygens (including phenoxy) is 1. The first-order valence-electron chi connectivity index (χ1n) is 7.40. The van der Waals surface area contributed by atoms with Crippen LogP contribution in [-0.2, 0) is 13.7 Å². The molecule has 0 fully saturated rings. The zero-order valence-corrected chi connectivity index (χ0v) is 14.0. The predicted octanol–water partition coefficient (Wildman–Crippen LogP) is 4.28. The van der Waals surface area contributed by atoms with Crippen molar-refractivity contribution in [2.45, 2.75) is 6.61 Å². The van der Waals surface area contributed by atoms with E-state index in [1.165, 1.54) is 24.3 Å². The van der Waals surface area contributed by atoms with E-state index in [9.17, 15) is 9.18 Å². The van der Waals surface area contributed by atoms with Gasteiger partial charge in [-0.25, -0.2) is 4.39 Å². The first kappa shape index (κ1) is 17.0. The number of hydrogen-bond acceptors (Lipinski definition) is 4. The highest BCUT2D eigenvalue weighted by atomic mass is 35.5. The Morgan fingerprint density at radius 3 is 2.92 bits per heavy atom. The Hall–Kier alpha value is -2.86. The molecule has 1 aromatic carbocycles. The fourth-order valence-corrected chi connectivity index (χ4v) is 2.24. The lowest BCUT2D eigenvalue weighted by Crippen LogP contribution is -1.97. The van der Waals surface area contributed by atoms with E-state index in [1.54, 1.807) is 42.2 Å². The Morgan fingerprint density at radius 2 is 2.20 bits per heavy atom. The van der Waals surface area contributed by atoms with Crippen molar-refractivity contribution in [1.82, 2.24) is 9.78 Å². The van der Waals surface area contributed by atoms with Crippen LogP contribution in [0.15, 0.2) is 53.1 Å². The van der Waals surface area contributed by atoms with E-state index in [2.05, 4.69) is 5.10 Å². The number of rotatable bonds is 6. The van der Waals surface area contributed by atoms with Gasteiger partial charge in [-0.2, -0.15) is 5.10 Å². The number of nitrogens with zero attached hydrogens (tertiary/aromatic N) is 2. The van der Waals surface area contributed by atoms with Crippen LogP contribution in [0.25, 0.3) is 6.08 Å². The summed E-state index contributed by atoms with van der Waals surface area (Å²) < 4.78 is 25.7. The number of halogens is 2. The molecule has 0 bridgehead atoms. The maximum absolute atomic E-state index is 13.1. The molecule has 0 atom stereocenters. The molecule has 0 aliphatic carbocycles. The minimum Gasteiger partial charge on any atom is -0.486 e. The highest BCUT2D eigenvalue weighted by Crippen LogP contribution is 2.22. The van der Waals surface area contributed by atoms with Crippen LogP contribution in [0.2, 0.25) is 5.02 Å². The lowest BCUT2D eigenvalue weighted by molar-refractivity contribution is 0.104. The van der Waals surface area contributed by atoms with Gasteiger partial charge in [0.1, 0.15) is 35.4 Å². The van der Waals surface area contributed by atoms with Crippen molar-refractivity contribution in [2.24, 2.45) is 7.05 Å². The van der Waals surface area contributed by atoms with E-state index in [-0.39, 0.29) is 17.4 Å². The van der Waals surface area contributed by atoms with E-state index in [0.717, 1.165) is 0 Å². The molecule has 3 aromatic rings. The van der Waals surface area contributed by atoms with Crippen LogP contribution < -0.4 is 4.74 Å². The SMILES string of the molecule is Cn1ccc(C(=O)/C=C/c2ccc(COc3ccc(F)c(Cl)c3)o2)n1. The van der Waals surface area contributed by atoms with Crippen molar-refractivity contribution in [3.8, 4) is 5.75 Å². The molecule has 0 amide bonds. The van der Waals surface area contributed by atoms with Crippen molar-refractivity contribution in [1.29, 1.82) is 0 Å². The number of aromatic nitrogens is 2. The largest absolute Gasteiger partial charge is 0.486 e. The highest BCUT2D eigenvalue weighted by Gasteiger charge is 2.07. The monoisotopic (exact) mass is 360 g/mol. The standard InChI is InChI=1S/C18H14ClFN2O3/c1-22-9-8-17(21-22)18(23)7-5-12-2-3-14(25-12)11-24-13-4-6-16(20)15(19)10-13/h2-10H,11H2,1H3/b7-5+. The van der Waals surface area contributed by atoms with Gasteiger partial charge in [0.15, 0.2) is 0 Å². The molecule has 2 heterocycles. The normalized spacial score (nSPS) is 11.2. The Morgan fingerprint density at radius 1 is 1.36 bits per heavy atom. The number of furan rings is 1. The third kappa shape index (κ3) is 4.36. The first-order valence-corrected chi connectivity index (χ1v) is 7.78. The minimum atomic E-state index is -0.503. The quantitative estimate of drug-likeness (QED) is 0.486. The Bertz CT molecular complexity index is 930. The second kappa shape index (κ2) is 7.36. The molecule has 25 heavy (non-hydrogen) atoms. The minimum absolute atomic E-state index is 0.00592. The molecule has 0 aliphatic rings. The van der Waals surface area contributed by atoms with E-state index in [4.69, 9.17) is 20.8 Å². The second-order valence-corrected chi connectivity index (χ2v) is 5.65. The molecular formula is C18H14ClFN2O3. The van der Waals surface area contributed by atoms with E-state index in [1.807, 2.05) is 0 Å². The average Bonchev–Trinajstić information content (AvgIpc) is 3.23. The number of allylic oxidation sites excluding steroid dienone is 1. The molecule has 0 spiro atoms. The Kier molecular flexibility index (Phi) is 5.00. The molecule has 0 N–H and O–H groups in total. The van der Waals surface area contributed by atoms with Gasteiger partial charge >= 0.3 is 0 Å². The summed E-state index contributed by atoms with van der Waals surface area (Å²) in [5.74, 6) is 0.795. The van der Waals surface area contributed by atoms with Crippen LogP contribution in [-0.4, -0.2) is 15.6 Å². The van der Waals surface area contributed by atoms with Crippen molar-refractivity contribution >= 4 is 23.5 Å².